The Kier molecular flexibility index (Phi) is 8.58. The molecule has 1 amide bonds. The van der Waals surface area contributed by atoms with Gasteiger partial charge in [0.1, 0.15) is 11.5 Å². The first kappa shape index (κ1) is 21.2. The van der Waals surface area contributed by atoms with E-state index in [0.29, 0.717) is 19.1 Å². The Labute approximate surface area is 166 Å². The minimum atomic E-state index is 0. The first-order valence-corrected chi connectivity index (χ1v) is 9.12. The predicted octanol–water partition coefficient (Wildman–Crippen LogP) is 4.17. The third-order valence-electron chi connectivity index (χ3n) is 4.49. The molecule has 27 heavy (non-hydrogen) atoms. The standard InChI is InChI=1S/C21H26N2O3.ClH/c1-25-14-12-16-4-8-19(9-5-16)26-20-10-6-17(7-11-20)23-21(24)15-18-3-2-13-22-18;/h4-11,18,22H,2-3,12-15H2,1H3,(H,23,24);1H. The van der Waals surface area contributed by atoms with Crippen molar-refractivity contribution in [3.63, 3.8) is 0 Å². The molecule has 0 spiro atoms. The van der Waals surface area contributed by atoms with E-state index in [-0.39, 0.29) is 18.3 Å². The summed E-state index contributed by atoms with van der Waals surface area (Å²) in [6, 6.07) is 15.8. The number of rotatable bonds is 8. The molecule has 1 fully saturated rings. The maximum atomic E-state index is 12.1. The van der Waals surface area contributed by atoms with Crippen molar-refractivity contribution in [2.75, 3.05) is 25.6 Å². The number of methoxy groups -OCH3 is 1. The van der Waals surface area contributed by atoms with E-state index in [1.54, 1.807) is 7.11 Å². The van der Waals surface area contributed by atoms with Gasteiger partial charge < -0.3 is 20.1 Å². The van der Waals surface area contributed by atoms with Crippen molar-refractivity contribution in [2.24, 2.45) is 0 Å². The third kappa shape index (κ3) is 6.86. The SMILES string of the molecule is COCCc1ccc(Oc2ccc(NC(=O)CC3CCCN3)cc2)cc1.Cl. The van der Waals surface area contributed by atoms with Gasteiger partial charge >= 0.3 is 0 Å². The number of ether oxygens (including phenoxy) is 2. The molecular formula is C21H27ClN2O3. The summed E-state index contributed by atoms with van der Waals surface area (Å²) in [4.78, 5) is 12.1. The maximum Gasteiger partial charge on any atom is 0.225 e. The highest BCUT2D eigenvalue weighted by Gasteiger charge is 2.17. The molecule has 0 aromatic heterocycles. The van der Waals surface area contributed by atoms with Gasteiger partial charge in [-0.25, -0.2) is 0 Å². The van der Waals surface area contributed by atoms with Crippen molar-refractivity contribution in [3.05, 3.63) is 54.1 Å². The Bertz CT molecular complexity index is 698. The van der Waals surface area contributed by atoms with Gasteiger partial charge in [0.2, 0.25) is 5.91 Å². The second-order valence-electron chi connectivity index (χ2n) is 6.56. The molecule has 5 nitrogen and oxygen atoms in total. The van der Waals surface area contributed by atoms with Gasteiger partial charge in [-0.3, -0.25) is 4.79 Å². The van der Waals surface area contributed by atoms with Gasteiger partial charge in [-0.05, 0) is 67.8 Å². The van der Waals surface area contributed by atoms with Crippen LogP contribution in [0.5, 0.6) is 11.5 Å². The van der Waals surface area contributed by atoms with E-state index in [1.165, 1.54) is 5.56 Å². The molecule has 6 heteroatoms. The predicted molar refractivity (Wildman–Crippen MR) is 110 cm³/mol. The summed E-state index contributed by atoms with van der Waals surface area (Å²) in [5.41, 5.74) is 2.00. The number of halogens is 1. The molecule has 3 rings (SSSR count). The monoisotopic (exact) mass is 390 g/mol. The summed E-state index contributed by atoms with van der Waals surface area (Å²) >= 11 is 0. The summed E-state index contributed by atoms with van der Waals surface area (Å²) < 4.78 is 10.9. The molecule has 2 N–H and O–H groups in total. The zero-order chi connectivity index (χ0) is 18.2. The van der Waals surface area contributed by atoms with Crippen molar-refractivity contribution in [3.8, 4) is 11.5 Å². The first-order chi connectivity index (χ1) is 12.7. The lowest BCUT2D eigenvalue weighted by Gasteiger charge is -2.11. The van der Waals surface area contributed by atoms with E-state index in [2.05, 4.69) is 10.6 Å². The Hall–Kier alpha value is -2.08. The summed E-state index contributed by atoms with van der Waals surface area (Å²) in [5.74, 6) is 1.57. The number of hydrogen-bond acceptors (Lipinski definition) is 4. The Morgan fingerprint density at radius 3 is 2.37 bits per heavy atom. The third-order valence-corrected chi connectivity index (χ3v) is 4.49. The van der Waals surface area contributed by atoms with Gasteiger partial charge in [-0.1, -0.05) is 12.1 Å². The van der Waals surface area contributed by atoms with Crippen LogP contribution in [0, 0.1) is 0 Å². The quantitative estimate of drug-likeness (QED) is 0.710. The summed E-state index contributed by atoms with van der Waals surface area (Å²) in [6.07, 6.45) is 3.64. The molecule has 1 unspecified atom stereocenters. The molecule has 0 radical (unpaired) electrons. The van der Waals surface area contributed by atoms with Crippen LogP contribution in [-0.4, -0.2) is 32.2 Å². The Morgan fingerprint density at radius 1 is 1.11 bits per heavy atom. The number of amides is 1. The summed E-state index contributed by atoms with van der Waals surface area (Å²) in [6.45, 7) is 1.72. The van der Waals surface area contributed by atoms with Gasteiger partial charge in [0.05, 0.1) is 6.61 Å². The fourth-order valence-corrected chi connectivity index (χ4v) is 3.05. The van der Waals surface area contributed by atoms with Gasteiger partial charge in [-0.15, -0.1) is 12.4 Å². The number of anilines is 1. The van der Waals surface area contributed by atoms with Crippen LogP contribution in [0.15, 0.2) is 48.5 Å². The van der Waals surface area contributed by atoms with Crippen LogP contribution in [-0.2, 0) is 16.0 Å². The number of hydrogen-bond donors (Lipinski definition) is 2. The van der Waals surface area contributed by atoms with E-state index in [1.807, 2.05) is 48.5 Å². The zero-order valence-electron chi connectivity index (χ0n) is 15.6. The molecule has 1 aliphatic heterocycles. The number of nitrogens with one attached hydrogen (secondary N) is 2. The molecule has 1 atom stereocenters. The van der Waals surface area contributed by atoms with Crippen LogP contribution < -0.4 is 15.4 Å². The van der Waals surface area contributed by atoms with Gasteiger partial charge in [0.25, 0.3) is 0 Å². The van der Waals surface area contributed by atoms with E-state index < -0.39 is 0 Å². The average Bonchev–Trinajstić information content (AvgIpc) is 3.15. The summed E-state index contributed by atoms with van der Waals surface area (Å²) in [5, 5.41) is 6.28. The second-order valence-corrected chi connectivity index (χ2v) is 6.56. The van der Waals surface area contributed by atoms with Gasteiger partial charge in [0, 0.05) is 25.3 Å². The smallest absolute Gasteiger partial charge is 0.225 e. The number of carbonyl (C=O) groups excluding carboxylic acids is 1. The lowest BCUT2D eigenvalue weighted by Crippen LogP contribution is -2.27. The number of carbonyl (C=O) groups is 1. The molecule has 1 aliphatic rings. The lowest BCUT2D eigenvalue weighted by atomic mass is 10.1. The van der Waals surface area contributed by atoms with Crippen molar-refractivity contribution in [1.82, 2.24) is 5.32 Å². The molecular weight excluding hydrogens is 364 g/mol. The summed E-state index contributed by atoms with van der Waals surface area (Å²) in [7, 11) is 1.70. The molecule has 2 aromatic carbocycles. The van der Waals surface area contributed by atoms with Gasteiger partial charge in [-0.2, -0.15) is 0 Å². The minimum absolute atomic E-state index is 0. The normalized spacial score (nSPS) is 15.8. The fourth-order valence-electron chi connectivity index (χ4n) is 3.05. The lowest BCUT2D eigenvalue weighted by molar-refractivity contribution is -0.116. The maximum absolute atomic E-state index is 12.1. The first-order valence-electron chi connectivity index (χ1n) is 9.12. The van der Waals surface area contributed by atoms with Crippen molar-refractivity contribution < 1.29 is 14.3 Å². The van der Waals surface area contributed by atoms with E-state index >= 15 is 0 Å². The van der Waals surface area contributed by atoms with Crippen LogP contribution in [0.4, 0.5) is 5.69 Å². The average molecular weight is 391 g/mol. The number of benzene rings is 2. The van der Waals surface area contributed by atoms with Gasteiger partial charge in [0.15, 0.2) is 0 Å². The van der Waals surface area contributed by atoms with Crippen LogP contribution in [0.25, 0.3) is 0 Å². The second kappa shape index (κ2) is 10.9. The highest BCUT2D eigenvalue weighted by atomic mass is 35.5. The molecule has 1 heterocycles. The molecule has 2 aromatic rings. The highest BCUT2D eigenvalue weighted by molar-refractivity contribution is 5.91. The topological polar surface area (TPSA) is 59.6 Å². The fraction of sp³-hybridized carbons (Fsp3) is 0.381. The zero-order valence-corrected chi connectivity index (χ0v) is 16.4. The Balaban J connectivity index is 0.00000261. The van der Waals surface area contributed by atoms with Crippen molar-refractivity contribution in [1.29, 1.82) is 0 Å². The molecule has 0 aliphatic carbocycles. The van der Waals surface area contributed by atoms with Crippen molar-refractivity contribution >= 4 is 24.0 Å². The molecule has 0 bridgehead atoms. The van der Waals surface area contributed by atoms with E-state index in [4.69, 9.17) is 9.47 Å². The van der Waals surface area contributed by atoms with Crippen LogP contribution in [0.1, 0.15) is 24.8 Å². The van der Waals surface area contributed by atoms with Crippen LogP contribution >= 0.6 is 12.4 Å². The van der Waals surface area contributed by atoms with Crippen molar-refractivity contribution in [2.45, 2.75) is 31.7 Å². The largest absolute Gasteiger partial charge is 0.457 e. The van der Waals surface area contributed by atoms with Crippen LogP contribution in [0.3, 0.4) is 0 Å². The van der Waals surface area contributed by atoms with E-state index in [9.17, 15) is 4.79 Å². The molecule has 1 saturated heterocycles. The Morgan fingerprint density at radius 2 is 1.78 bits per heavy atom. The molecule has 0 saturated carbocycles. The minimum Gasteiger partial charge on any atom is -0.457 e. The van der Waals surface area contributed by atoms with E-state index in [0.717, 1.165) is 43.0 Å². The van der Waals surface area contributed by atoms with Crippen LogP contribution in [0.2, 0.25) is 0 Å². The highest BCUT2D eigenvalue weighted by Crippen LogP contribution is 2.23. The molecule has 146 valence electrons.